The first-order valence-corrected chi connectivity index (χ1v) is 9.92. The molecule has 0 aromatic heterocycles. The Bertz CT molecular complexity index is 672. The summed E-state index contributed by atoms with van der Waals surface area (Å²) in [5, 5.41) is 0. The van der Waals surface area contributed by atoms with Gasteiger partial charge in [-0.25, -0.2) is 0 Å². The van der Waals surface area contributed by atoms with Crippen molar-refractivity contribution in [3.8, 4) is 5.75 Å². The van der Waals surface area contributed by atoms with E-state index < -0.39 is 23.5 Å². The maximum absolute atomic E-state index is 12.6. The first kappa shape index (κ1) is 24.0. The lowest BCUT2D eigenvalue weighted by atomic mass is 9.83. The summed E-state index contributed by atoms with van der Waals surface area (Å²) in [7, 11) is 1.65. The summed E-state index contributed by atoms with van der Waals surface area (Å²) in [4.78, 5) is 24.6. The number of rotatable bonds is 8. The van der Waals surface area contributed by atoms with Gasteiger partial charge in [-0.2, -0.15) is 0 Å². The summed E-state index contributed by atoms with van der Waals surface area (Å²) in [5.41, 5.74) is 1.56. The third-order valence-corrected chi connectivity index (χ3v) is 4.57. The van der Waals surface area contributed by atoms with E-state index in [2.05, 4.69) is 13.8 Å². The second kappa shape index (κ2) is 9.94. The molecular formula is C23H36O5. The summed E-state index contributed by atoms with van der Waals surface area (Å²) >= 11 is 0. The molecule has 0 amide bonds. The van der Waals surface area contributed by atoms with Gasteiger partial charge in [0.1, 0.15) is 17.5 Å². The summed E-state index contributed by atoms with van der Waals surface area (Å²) in [5.74, 6) is -0.345. The van der Waals surface area contributed by atoms with Gasteiger partial charge in [-0.15, -0.1) is 0 Å². The van der Waals surface area contributed by atoms with Crippen LogP contribution in [0, 0.1) is 18.8 Å². The quantitative estimate of drug-likeness (QED) is 0.580. The van der Waals surface area contributed by atoms with Crippen LogP contribution in [0.2, 0.25) is 0 Å². The van der Waals surface area contributed by atoms with E-state index in [9.17, 15) is 9.59 Å². The molecule has 158 valence electrons. The fourth-order valence-electron chi connectivity index (χ4n) is 3.34. The van der Waals surface area contributed by atoms with Crippen LogP contribution >= 0.6 is 0 Å². The average molecular weight is 393 g/mol. The second-order valence-electron chi connectivity index (χ2n) is 8.85. The van der Waals surface area contributed by atoms with Crippen molar-refractivity contribution < 1.29 is 23.8 Å². The molecule has 28 heavy (non-hydrogen) atoms. The molecule has 1 rings (SSSR count). The summed E-state index contributed by atoms with van der Waals surface area (Å²) < 4.78 is 16.6. The molecule has 0 aliphatic carbocycles. The molecule has 0 fully saturated rings. The SMILES string of the molecule is COc1cc(C)ccc1[C@H](C(C)C)[C@H](C)OC(=O)[C@H](C)CC(=O)OC(C)(C)C. The third-order valence-electron chi connectivity index (χ3n) is 4.57. The molecule has 0 bridgehead atoms. The number of carbonyl (C=O) groups excluding carboxylic acids is 2. The van der Waals surface area contributed by atoms with Crippen LogP contribution in [0.3, 0.4) is 0 Å². The zero-order valence-corrected chi connectivity index (χ0v) is 18.8. The highest BCUT2D eigenvalue weighted by Crippen LogP contribution is 2.36. The molecule has 0 N–H and O–H groups in total. The Morgan fingerprint density at radius 2 is 1.68 bits per heavy atom. The van der Waals surface area contributed by atoms with Gasteiger partial charge in [0, 0.05) is 11.5 Å². The fraction of sp³-hybridized carbons (Fsp3) is 0.652. The van der Waals surface area contributed by atoms with E-state index in [0.717, 1.165) is 16.9 Å². The highest BCUT2D eigenvalue weighted by Gasteiger charge is 2.31. The molecule has 5 nitrogen and oxygen atoms in total. The van der Waals surface area contributed by atoms with Crippen LogP contribution in [0.25, 0.3) is 0 Å². The number of hydrogen-bond donors (Lipinski definition) is 0. The normalized spacial score (nSPS) is 14.9. The fourth-order valence-corrected chi connectivity index (χ4v) is 3.34. The Morgan fingerprint density at radius 3 is 2.18 bits per heavy atom. The minimum Gasteiger partial charge on any atom is -0.496 e. The molecule has 0 unspecified atom stereocenters. The Kier molecular flexibility index (Phi) is 8.52. The molecule has 0 aliphatic rings. The van der Waals surface area contributed by atoms with Crippen molar-refractivity contribution in [2.45, 2.75) is 79.4 Å². The van der Waals surface area contributed by atoms with Crippen molar-refractivity contribution in [3.63, 3.8) is 0 Å². The maximum Gasteiger partial charge on any atom is 0.309 e. The predicted octanol–water partition coefficient (Wildman–Crippen LogP) is 5.04. The van der Waals surface area contributed by atoms with Crippen molar-refractivity contribution in [3.05, 3.63) is 29.3 Å². The third kappa shape index (κ3) is 7.17. The van der Waals surface area contributed by atoms with Crippen LogP contribution in [0.4, 0.5) is 0 Å². The largest absolute Gasteiger partial charge is 0.496 e. The lowest BCUT2D eigenvalue weighted by Gasteiger charge is -2.30. The van der Waals surface area contributed by atoms with Crippen LogP contribution in [-0.4, -0.2) is 30.8 Å². The summed E-state index contributed by atoms with van der Waals surface area (Å²) in [6.45, 7) is 15.2. The van der Waals surface area contributed by atoms with E-state index in [-0.39, 0.29) is 24.4 Å². The molecular weight excluding hydrogens is 356 g/mol. The van der Waals surface area contributed by atoms with Gasteiger partial charge in [0.05, 0.1) is 19.4 Å². The smallest absolute Gasteiger partial charge is 0.309 e. The summed E-state index contributed by atoms with van der Waals surface area (Å²) in [6, 6.07) is 6.06. The molecule has 5 heteroatoms. The standard InChI is InChI=1S/C23H36O5/c1-14(2)21(18-11-10-15(3)12-19(18)26-9)17(5)27-22(25)16(4)13-20(24)28-23(6,7)8/h10-12,14,16-17,21H,13H2,1-9H3/t16-,17+,21-/m1/s1. The molecule has 0 radical (unpaired) electrons. The van der Waals surface area contributed by atoms with Gasteiger partial charge >= 0.3 is 11.9 Å². The Labute approximate surface area is 169 Å². The minimum absolute atomic E-state index is 0.00300. The molecule has 3 atom stereocenters. The van der Waals surface area contributed by atoms with Crippen LogP contribution in [0.1, 0.15) is 71.9 Å². The lowest BCUT2D eigenvalue weighted by Crippen LogP contribution is -2.31. The number of aryl methyl sites for hydroxylation is 1. The molecule has 0 aliphatic heterocycles. The van der Waals surface area contributed by atoms with Crippen molar-refractivity contribution in [1.29, 1.82) is 0 Å². The second-order valence-corrected chi connectivity index (χ2v) is 8.85. The zero-order valence-electron chi connectivity index (χ0n) is 18.8. The van der Waals surface area contributed by atoms with Gasteiger partial charge in [0.25, 0.3) is 0 Å². The Morgan fingerprint density at radius 1 is 1.07 bits per heavy atom. The first-order valence-electron chi connectivity index (χ1n) is 9.92. The number of carbonyl (C=O) groups is 2. The molecule has 1 aromatic rings. The lowest BCUT2D eigenvalue weighted by molar-refractivity contribution is -0.163. The number of benzene rings is 1. The van der Waals surface area contributed by atoms with Crippen LogP contribution < -0.4 is 4.74 Å². The topological polar surface area (TPSA) is 61.8 Å². The van der Waals surface area contributed by atoms with E-state index in [1.165, 1.54) is 0 Å². The average Bonchev–Trinajstić information content (AvgIpc) is 2.53. The minimum atomic E-state index is -0.571. The van der Waals surface area contributed by atoms with Crippen LogP contribution in [0.5, 0.6) is 5.75 Å². The predicted molar refractivity (Wildman–Crippen MR) is 110 cm³/mol. The van der Waals surface area contributed by atoms with Gasteiger partial charge < -0.3 is 14.2 Å². The number of esters is 2. The highest BCUT2D eigenvalue weighted by molar-refractivity contribution is 5.80. The molecule has 0 saturated heterocycles. The zero-order chi connectivity index (χ0) is 21.6. The Balaban J connectivity index is 2.88. The van der Waals surface area contributed by atoms with Crippen molar-refractivity contribution >= 4 is 11.9 Å². The number of ether oxygens (including phenoxy) is 3. The van der Waals surface area contributed by atoms with Gasteiger partial charge in [-0.1, -0.05) is 32.9 Å². The monoisotopic (exact) mass is 392 g/mol. The molecule has 0 heterocycles. The van der Waals surface area contributed by atoms with E-state index in [1.54, 1.807) is 34.8 Å². The van der Waals surface area contributed by atoms with E-state index in [4.69, 9.17) is 14.2 Å². The van der Waals surface area contributed by atoms with E-state index >= 15 is 0 Å². The Hall–Kier alpha value is -2.04. The van der Waals surface area contributed by atoms with Crippen molar-refractivity contribution in [1.82, 2.24) is 0 Å². The molecule has 1 aromatic carbocycles. The number of hydrogen-bond acceptors (Lipinski definition) is 5. The van der Waals surface area contributed by atoms with Gasteiger partial charge in [0.15, 0.2) is 0 Å². The molecule has 0 saturated carbocycles. The summed E-state index contributed by atoms with van der Waals surface area (Å²) in [6.07, 6.45) is -0.353. The first-order chi connectivity index (χ1) is 12.9. The molecule has 0 spiro atoms. The van der Waals surface area contributed by atoms with E-state index in [0.29, 0.717) is 0 Å². The van der Waals surface area contributed by atoms with Crippen molar-refractivity contribution in [2.24, 2.45) is 11.8 Å². The van der Waals surface area contributed by atoms with Gasteiger partial charge in [-0.3, -0.25) is 9.59 Å². The van der Waals surface area contributed by atoms with Gasteiger partial charge in [0.2, 0.25) is 0 Å². The maximum atomic E-state index is 12.6. The highest BCUT2D eigenvalue weighted by atomic mass is 16.6. The number of methoxy groups -OCH3 is 1. The van der Waals surface area contributed by atoms with Crippen LogP contribution in [0.15, 0.2) is 18.2 Å². The van der Waals surface area contributed by atoms with Crippen molar-refractivity contribution in [2.75, 3.05) is 7.11 Å². The van der Waals surface area contributed by atoms with Crippen LogP contribution in [-0.2, 0) is 19.1 Å². The van der Waals surface area contributed by atoms with E-state index in [1.807, 2.05) is 32.0 Å². The van der Waals surface area contributed by atoms with Gasteiger partial charge in [-0.05, 0) is 52.2 Å².